The highest BCUT2D eigenvalue weighted by molar-refractivity contribution is 5.88. The summed E-state index contributed by atoms with van der Waals surface area (Å²) in [5.41, 5.74) is 1.75. The SMILES string of the molecule is CCc1ccccc1OCNC(=O)Nc1cccnc1. The summed E-state index contributed by atoms with van der Waals surface area (Å²) in [7, 11) is 0. The fraction of sp³-hybridized carbons (Fsp3) is 0.200. The van der Waals surface area contributed by atoms with Crippen molar-refractivity contribution in [2.45, 2.75) is 13.3 Å². The summed E-state index contributed by atoms with van der Waals surface area (Å²) >= 11 is 0. The number of hydrogen-bond acceptors (Lipinski definition) is 3. The van der Waals surface area contributed by atoms with Crippen LogP contribution in [-0.2, 0) is 6.42 Å². The summed E-state index contributed by atoms with van der Waals surface area (Å²) in [5, 5.41) is 5.30. The number of aryl methyl sites for hydroxylation is 1. The lowest BCUT2D eigenvalue weighted by Gasteiger charge is -2.11. The van der Waals surface area contributed by atoms with Crippen LogP contribution in [-0.4, -0.2) is 17.7 Å². The maximum Gasteiger partial charge on any atom is 0.321 e. The van der Waals surface area contributed by atoms with Gasteiger partial charge in [-0.05, 0) is 30.2 Å². The zero-order chi connectivity index (χ0) is 14.2. The molecule has 5 heteroatoms. The van der Waals surface area contributed by atoms with Crippen molar-refractivity contribution in [1.29, 1.82) is 0 Å². The first kappa shape index (κ1) is 13.9. The van der Waals surface area contributed by atoms with Crippen LogP contribution in [0.3, 0.4) is 0 Å². The Kier molecular flexibility index (Phi) is 4.94. The minimum Gasteiger partial charge on any atom is -0.473 e. The Morgan fingerprint density at radius 1 is 1.25 bits per heavy atom. The van der Waals surface area contributed by atoms with Gasteiger partial charge >= 0.3 is 6.03 Å². The van der Waals surface area contributed by atoms with Crippen molar-refractivity contribution >= 4 is 11.7 Å². The molecule has 0 atom stereocenters. The minimum atomic E-state index is -0.327. The van der Waals surface area contributed by atoms with Crippen molar-refractivity contribution in [3.05, 3.63) is 54.4 Å². The smallest absolute Gasteiger partial charge is 0.321 e. The van der Waals surface area contributed by atoms with Gasteiger partial charge in [0.05, 0.1) is 11.9 Å². The average molecular weight is 271 g/mol. The summed E-state index contributed by atoms with van der Waals surface area (Å²) < 4.78 is 5.55. The third-order valence-electron chi connectivity index (χ3n) is 2.73. The van der Waals surface area contributed by atoms with Crippen molar-refractivity contribution in [2.75, 3.05) is 12.0 Å². The number of amides is 2. The van der Waals surface area contributed by atoms with Crippen LogP contribution in [0.4, 0.5) is 10.5 Å². The number of anilines is 1. The van der Waals surface area contributed by atoms with E-state index in [1.807, 2.05) is 24.3 Å². The molecule has 0 bridgehead atoms. The molecular weight excluding hydrogens is 254 g/mol. The molecule has 1 heterocycles. The van der Waals surface area contributed by atoms with Gasteiger partial charge in [-0.2, -0.15) is 0 Å². The van der Waals surface area contributed by atoms with E-state index in [0.717, 1.165) is 17.7 Å². The van der Waals surface area contributed by atoms with E-state index in [0.29, 0.717) is 5.69 Å². The second-order valence-electron chi connectivity index (χ2n) is 4.12. The van der Waals surface area contributed by atoms with E-state index in [2.05, 4.69) is 22.5 Å². The third-order valence-corrected chi connectivity index (χ3v) is 2.73. The molecule has 0 saturated carbocycles. The second-order valence-corrected chi connectivity index (χ2v) is 4.12. The topological polar surface area (TPSA) is 63.2 Å². The maximum atomic E-state index is 11.6. The molecule has 2 amide bonds. The number of carbonyl (C=O) groups is 1. The van der Waals surface area contributed by atoms with E-state index in [4.69, 9.17) is 4.74 Å². The molecule has 104 valence electrons. The molecule has 2 N–H and O–H groups in total. The van der Waals surface area contributed by atoms with Crippen molar-refractivity contribution in [2.24, 2.45) is 0 Å². The zero-order valence-electron chi connectivity index (χ0n) is 11.3. The Balaban J connectivity index is 1.79. The van der Waals surface area contributed by atoms with Crippen LogP contribution < -0.4 is 15.4 Å². The van der Waals surface area contributed by atoms with E-state index in [1.165, 1.54) is 0 Å². The van der Waals surface area contributed by atoms with Gasteiger partial charge in [-0.25, -0.2) is 4.79 Å². The Bertz CT molecular complexity index is 558. The predicted molar refractivity (Wildman–Crippen MR) is 77.7 cm³/mol. The van der Waals surface area contributed by atoms with E-state index >= 15 is 0 Å². The first-order valence-electron chi connectivity index (χ1n) is 6.45. The van der Waals surface area contributed by atoms with Crippen molar-refractivity contribution in [3.63, 3.8) is 0 Å². The van der Waals surface area contributed by atoms with Gasteiger partial charge in [0.1, 0.15) is 5.75 Å². The van der Waals surface area contributed by atoms with E-state index in [-0.39, 0.29) is 12.8 Å². The lowest BCUT2D eigenvalue weighted by molar-refractivity contribution is 0.234. The number of benzene rings is 1. The highest BCUT2D eigenvalue weighted by Gasteiger charge is 2.03. The molecule has 1 aromatic heterocycles. The summed E-state index contributed by atoms with van der Waals surface area (Å²) in [6.07, 6.45) is 4.11. The van der Waals surface area contributed by atoms with Gasteiger partial charge in [-0.15, -0.1) is 0 Å². The summed E-state index contributed by atoms with van der Waals surface area (Å²) in [4.78, 5) is 15.5. The van der Waals surface area contributed by atoms with Gasteiger partial charge < -0.3 is 15.4 Å². The first-order chi connectivity index (χ1) is 9.79. The fourth-order valence-electron chi connectivity index (χ4n) is 1.73. The lowest BCUT2D eigenvalue weighted by atomic mass is 10.1. The predicted octanol–water partition coefficient (Wildman–Crippen LogP) is 2.80. The van der Waals surface area contributed by atoms with Gasteiger partial charge in [0.2, 0.25) is 0 Å². The van der Waals surface area contributed by atoms with Gasteiger partial charge in [0, 0.05) is 6.20 Å². The normalized spacial score (nSPS) is 9.85. The number of nitrogens with one attached hydrogen (secondary N) is 2. The molecule has 0 fully saturated rings. The third kappa shape index (κ3) is 3.98. The zero-order valence-corrected chi connectivity index (χ0v) is 11.3. The quantitative estimate of drug-likeness (QED) is 0.822. The Morgan fingerprint density at radius 3 is 2.85 bits per heavy atom. The molecule has 0 unspecified atom stereocenters. The first-order valence-corrected chi connectivity index (χ1v) is 6.45. The van der Waals surface area contributed by atoms with Gasteiger partial charge in [-0.3, -0.25) is 4.98 Å². The number of urea groups is 1. The molecule has 0 aliphatic heterocycles. The van der Waals surface area contributed by atoms with Crippen LogP contribution in [0.2, 0.25) is 0 Å². The number of nitrogens with zero attached hydrogens (tertiary/aromatic N) is 1. The van der Waals surface area contributed by atoms with Crippen molar-refractivity contribution < 1.29 is 9.53 Å². The van der Waals surface area contributed by atoms with Crippen LogP contribution in [0.1, 0.15) is 12.5 Å². The van der Waals surface area contributed by atoms with Crippen molar-refractivity contribution in [1.82, 2.24) is 10.3 Å². The largest absolute Gasteiger partial charge is 0.473 e. The number of carbonyl (C=O) groups excluding carboxylic acids is 1. The number of pyridine rings is 1. The maximum absolute atomic E-state index is 11.6. The summed E-state index contributed by atoms with van der Waals surface area (Å²) in [6, 6.07) is 11.0. The monoisotopic (exact) mass is 271 g/mol. The molecule has 5 nitrogen and oxygen atoms in total. The minimum absolute atomic E-state index is 0.114. The summed E-state index contributed by atoms with van der Waals surface area (Å²) in [6.45, 7) is 2.17. The van der Waals surface area contributed by atoms with Crippen molar-refractivity contribution in [3.8, 4) is 5.75 Å². The van der Waals surface area contributed by atoms with E-state index in [9.17, 15) is 4.79 Å². The summed E-state index contributed by atoms with van der Waals surface area (Å²) in [5.74, 6) is 0.789. The van der Waals surface area contributed by atoms with Gasteiger partial charge in [0.15, 0.2) is 6.73 Å². The molecule has 2 rings (SSSR count). The van der Waals surface area contributed by atoms with Crippen LogP contribution in [0, 0.1) is 0 Å². The highest BCUT2D eigenvalue weighted by atomic mass is 16.5. The van der Waals surface area contributed by atoms with E-state index < -0.39 is 0 Å². The molecule has 1 aromatic carbocycles. The number of rotatable bonds is 5. The molecule has 2 aromatic rings. The Labute approximate surface area is 118 Å². The molecule has 0 aliphatic rings. The average Bonchev–Trinajstić information content (AvgIpc) is 2.49. The number of para-hydroxylation sites is 1. The standard InChI is InChI=1S/C15H17N3O2/c1-2-12-6-3-4-8-14(12)20-11-17-15(19)18-13-7-5-9-16-10-13/h3-10H,2,11H2,1H3,(H2,17,18,19). The van der Waals surface area contributed by atoms with E-state index in [1.54, 1.807) is 24.5 Å². The molecule has 0 saturated heterocycles. The molecule has 0 aliphatic carbocycles. The Hall–Kier alpha value is -2.56. The van der Waals surface area contributed by atoms with Gasteiger partial charge in [0.25, 0.3) is 0 Å². The number of hydrogen-bond donors (Lipinski definition) is 2. The highest BCUT2D eigenvalue weighted by Crippen LogP contribution is 2.17. The molecule has 0 radical (unpaired) electrons. The van der Waals surface area contributed by atoms with Crippen LogP contribution >= 0.6 is 0 Å². The molecule has 0 spiro atoms. The molecular formula is C15H17N3O2. The lowest BCUT2D eigenvalue weighted by Crippen LogP contribution is -2.32. The number of ether oxygens (including phenoxy) is 1. The Morgan fingerprint density at radius 2 is 2.10 bits per heavy atom. The fourth-order valence-corrected chi connectivity index (χ4v) is 1.73. The second kappa shape index (κ2) is 7.13. The van der Waals surface area contributed by atoms with Crippen LogP contribution in [0.25, 0.3) is 0 Å². The van der Waals surface area contributed by atoms with Crippen LogP contribution in [0.15, 0.2) is 48.8 Å². The van der Waals surface area contributed by atoms with Crippen LogP contribution in [0.5, 0.6) is 5.75 Å². The molecule has 20 heavy (non-hydrogen) atoms. The number of aromatic nitrogens is 1. The van der Waals surface area contributed by atoms with Gasteiger partial charge in [-0.1, -0.05) is 25.1 Å².